The van der Waals surface area contributed by atoms with Crippen LogP contribution in [0, 0.1) is 5.92 Å². The Morgan fingerprint density at radius 2 is 2.07 bits per heavy atom. The minimum Gasteiger partial charge on any atom is -0.395 e. The molecule has 1 saturated carbocycles. The van der Waals surface area contributed by atoms with Gasteiger partial charge in [-0.05, 0) is 25.7 Å². The number of urea groups is 1. The Bertz CT molecular complexity index is 215. The zero-order valence-corrected chi connectivity index (χ0v) is 9.86. The van der Waals surface area contributed by atoms with Gasteiger partial charge in [-0.15, -0.1) is 0 Å². The van der Waals surface area contributed by atoms with Crippen LogP contribution in [0.4, 0.5) is 4.79 Å². The minimum absolute atomic E-state index is 0.0345. The van der Waals surface area contributed by atoms with E-state index < -0.39 is 0 Å². The van der Waals surface area contributed by atoms with Crippen LogP contribution in [0.2, 0.25) is 0 Å². The molecule has 0 spiro atoms. The van der Waals surface area contributed by atoms with E-state index in [0.29, 0.717) is 18.5 Å². The summed E-state index contributed by atoms with van der Waals surface area (Å²) < 4.78 is 0. The van der Waals surface area contributed by atoms with Gasteiger partial charge in [0.05, 0.1) is 6.61 Å². The lowest BCUT2D eigenvalue weighted by atomic mass is 10.1. The van der Waals surface area contributed by atoms with Gasteiger partial charge in [-0.1, -0.05) is 13.8 Å². The summed E-state index contributed by atoms with van der Waals surface area (Å²) in [7, 11) is 0. The Kier molecular flexibility index (Phi) is 4.39. The van der Waals surface area contributed by atoms with Crippen molar-refractivity contribution < 1.29 is 9.90 Å². The molecule has 2 amide bonds. The summed E-state index contributed by atoms with van der Waals surface area (Å²) in [6, 6.07) is 0.502. The van der Waals surface area contributed by atoms with E-state index >= 15 is 0 Å². The highest BCUT2D eigenvalue weighted by Crippen LogP contribution is 2.26. The molecule has 2 N–H and O–H groups in total. The molecule has 1 aliphatic carbocycles. The molecule has 0 aromatic carbocycles. The lowest BCUT2D eigenvalue weighted by Gasteiger charge is -2.25. The maximum Gasteiger partial charge on any atom is 0.317 e. The topological polar surface area (TPSA) is 52.6 Å². The number of aliphatic hydroxyl groups excluding tert-OH is 1. The summed E-state index contributed by atoms with van der Waals surface area (Å²) in [6.07, 6.45) is 2.15. The van der Waals surface area contributed by atoms with Gasteiger partial charge in [0.15, 0.2) is 0 Å². The van der Waals surface area contributed by atoms with Crippen molar-refractivity contribution >= 4 is 6.03 Å². The molecule has 0 aliphatic heterocycles. The molecule has 4 nitrogen and oxygen atoms in total. The van der Waals surface area contributed by atoms with E-state index in [1.54, 1.807) is 4.90 Å². The molecule has 88 valence electrons. The van der Waals surface area contributed by atoms with Gasteiger partial charge >= 0.3 is 6.03 Å². The molecule has 1 fully saturated rings. The van der Waals surface area contributed by atoms with E-state index in [1.165, 1.54) is 0 Å². The molecule has 1 aliphatic rings. The largest absolute Gasteiger partial charge is 0.395 e. The molecule has 0 bridgehead atoms. The van der Waals surface area contributed by atoms with Crippen LogP contribution in [0.3, 0.4) is 0 Å². The van der Waals surface area contributed by atoms with Crippen molar-refractivity contribution in [3.05, 3.63) is 0 Å². The Morgan fingerprint density at radius 1 is 1.47 bits per heavy atom. The molecule has 0 aromatic rings. The van der Waals surface area contributed by atoms with Gasteiger partial charge in [-0.25, -0.2) is 4.79 Å². The maximum absolute atomic E-state index is 11.8. The molecule has 4 heteroatoms. The fourth-order valence-electron chi connectivity index (χ4n) is 1.39. The zero-order chi connectivity index (χ0) is 11.4. The molecule has 0 radical (unpaired) electrons. The molecule has 15 heavy (non-hydrogen) atoms. The monoisotopic (exact) mass is 214 g/mol. The van der Waals surface area contributed by atoms with Crippen LogP contribution in [0.25, 0.3) is 0 Å². The van der Waals surface area contributed by atoms with Crippen LogP contribution in [-0.4, -0.2) is 41.3 Å². The quantitative estimate of drug-likeness (QED) is 0.722. The Balaban J connectivity index is 2.41. The minimum atomic E-state index is -0.0345. The molecule has 1 rings (SSSR count). The van der Waals surface area contributed by atoms with Gasteiger partial charge in [0.2, 0.25) is 0 Å². The third-order valence-corrected chi connectivity index (χ3v) is 2.94. The summed E-state index contributed by atoms with van der Waals surface area (Å²) in [4.78, 5) is 13.6. The Morgan fingerprint density at radius 3 is 2.47 bits per heavy atom. The van der Waals surface area contributed by atoms with Crippen LogP contribution < -0.4 is 5.32 Å². The molecular formula is C11H22N2O2. The van der Waals surface area contributed by atoms with E-state index in [-0.39, 0.29) is 18.7 Å². The zero-order valence-electron chi connectivity index (χ0n) is 9.86. The van der Waals surface area contributed by atoms with E-state index in [0.717, 1.165) is 12.8 Å². The highest BCUT2D eigenvalue weighted by Gasteiger charge is 2.32. The molecular weight excluding hydrogens is 192 g/mol. The molecule has 0 heterocycles. The van der Waals surface area contributed by atoms with Crippen LogP contribution in [-0.2, 0) is 0 Å². The first-order valence-corrected chi connectivity index (χ1v) is 5.74. The van der Waals surface area contributed by atoms with Crippen molar-refractivity contribution in [2.75, 3.05) is 13.2 Å². The average Bonchev–Trinajstić information content (AvgIpc) is 2.97. The second-order valence-electron chi connectivity index (χ2n) is 4.63. The number of carbonyl (C=O) groups excluding carboxylic acids is 1. The first-order chi connectivity index (χ1) is 7.06. The van der Waals surface area contributed by atoms with Gasteiger partial charge in [-0.3, -0.25) is 0 Å². The molecule has 0 aromatic heterocycles. The molecule has 0 saturated heterocycles. The maximum atomic E-state index is 11.8. The van der Waals surface area contributed by atoms with Crippen molar-refractivity contribution in [3.8, 4) is 0 Å². The number of aliphatic hydroxyl groups is 1. The van der Waals surface area contributed by atoms with Crippen molar-refractivity contribution in [1.29, 1.82) is 0 Å². The van der Waals surface area contributed by atoms with Crippen LogP contribution in [0.15, 0.2) is 0 Å². The number of hydrogen-bond donors (Lipinski definition) is 2. The predicted molar refractivity (Wildman–Crippen MR) is 59.6 cm³/mol. The number of rotatable bonds is 5. The number of amides is 2. The normalized spacial score (nSPS) is 17.7. The van der Waals surface area contributed by atoms with Gasteiger partial charge in [-0.2, -0.15) is 0 Å². The standard InChI is InChI=1S/C11H22N2O2/c1-8(2)9(3)12-11(15)13(6-7-14)10-4-5-10/h8-10,14H,4-7H2,1-3H3,(H,12,15). The first-order valence-electron chi connectivity index (χ1n) is 5.74. The van der Waals surface area contributed by atoms with E-state index in [2.05, 4.69) is 19.2 Å². The van der Waals surface area contributed by atoms with Gasteiger partial charge < -0.3 is 15.3 Å². The van der Waals surface area contributed by atoms with Crippen molar-refractivity contribution in [2.45, 2.75) is 45.7 Å². The van der Waals surface area contributed by atoms with Crippen LogP contribution in [0.1, 0.15) is 33.6 Å². The van der Waals surface area contributed by atoms with Crippen LogP contribution in [0.5, 0.6) is 0 Å². The highest BCUT2D eigenvalue weighted by molar-refractivity contribution is 5.75. The van der Waals surface area contributed by atoms with E-state index in [1.807, 2.05) is 6.92 Å². The number of nitrogens with zero attached hydrogens (tertiary/aromatic N) is 1. The van der Waals surface area contributed by atoms with Crippen molar-refractivity contribution in [1.82, 2.24) is 10.2 Å². The number of carbonyl (C=O) groups is 1. The summed E-state index contributed by atoms with van der Waals surface area (Å²) in [6.45, 7) is 6.66. The predicted octanol–water partition coefficient (Wildman–Crippen LogP) is 1.20. The Hall–Kier alpha value is -0.770. The third-order valence-electron chi connectivity index (χ3n) is 2.94. The molecule has 1 atom stereocenters. The average molecular weight is 214 g/mol. The fraction of sp³-hybridized carbons (Fsp3) is 0.909. The lowest BCUT2D eigenvalue weighted by Crippen LogP contribution is -2.47. The van der Waals surface area contributed by atoms with E-state index in [9.17, 15) is 4.79 Å². The number of nitrogens with one attached hydrogen (secondary N) is 1. The second kappa shape index (κ2) is 5.35. The summed E-state index contributed by atoms with van der Waals surface area (Å²) in [5.41, 5.74) is 0. The highest BCUT2D eigenvalue weighted by atomic mass is 16.3. The smallest absolute Gasteiger partial charge is 0.317 e. The third kappa shape index (κ3) is 3.70. The van der Waals surface area contributed by atoms with Crippen LogP contribution >= 0.6 is 0 Å². The SMILES string of the molecule is CC(C)C(C)NC(=O)N(CCO)C1CC1. The summed E-state index contributed by atoms with van der Waals surface area (Å²) >= 11 is 0. The van der Waals surface area contributed by atoms with Crippen molar-refractivity contribution in [2.24, 2.45) is 5.92 Å². The van der Waals surface area contributed by atoms with E-state index in [4.69, 9.17) is 5.11 Å². The van der Waals surface area contributed by atoms with Gasteiger partial charge in [0.25, 0.3) is 0 Å². The van der Waals surface area contributed by atoms with Gasteiger partial charge in [0.1, 0.15) is 0 Å². The first kappa shape index (κ1) is 12.3. The second-order valence-corrected chi connectivity index (χ2v) is 4.63. The van der Waals surface area contributed by atoms with Gasteiger partial charge in [0, 0.05) is 18.6 Å². The Labute approximate surface area is 91.6 Å². The van der Waals surface area contributed by atoms with Crippen molar-refractivity contribution in [3.63, 3.8) is 0 Å². The number of hydrogen-bond acceptors (Lipinski definition) is 2. The fourth-order valence-corrected chi connectivity index (χ4v) is 1.39. The molecule has 1 unspecified atom stereocenters. The summed E-state index contributed by atoms with van der Waals surface area (Å²) in [5.74, 6) is 0.434. The summed E-state index contributed by atoms with van der Waals surface area (Å²) in [5, 5.41) is 11.8. The lowest BCUT2D eigenvalue weighted by molar-refractivity contribution is 0.169.